The summed E-state index contributed by atoms with van der Waals surface area (Å²) in [5, 5.41) is 6.81. The molecule has 0 bridgehead atoms. The van der Waals surface area contributed by atoms with Crippen LogP contribution in [0.2, 0.25) is 0 Å². The van der Waals surface area contributed by atoms with Gasteiger partial charge in [-0.2, -0.15) is 5.10 Å². The Labute approximate surface area is 134 Å². The van der Waals surface area contributed by atoms with Crippen LogP contribution in [0.4, 0.5) is 0 Å². The number of aromatic nitrogens is 4. The third-order valence-electron chi connectivity index (χ3n) is 3.91. The van der Waals surface area contributed by atoms with Crippen LogP contribution in [0.25, 0.3) is 0 Å². The molecule has 0 spiro atoms. The zero-order chi connectivity index (χ0) is 16.2. The molecule has 8 heteroatoms. The molecule has 1 aliphatic rings. The van der Waals surface area contributed by atoms with E-state index in [1.165, 1.54) is 6.92 Å². The van der Waals surface area contributed by atoms with Crippen molar-refractivity contribution in [1.82, 2.24) is 29.5 Å². The lowest BCUT2D eigenvalue weighted by Gasteiger charge is -2.24. The van der Waals surface area contributed by atoms with Gasteiger partial charge >= 0.3 is 0 Å². The number of rotatable bonds is 4. The number of nitrogens with one attached hydrogen (secondary N) is 1. The number of carbonyl (C=O) groups excluding carboxylic acids is 2. The molecule has 1 N–H and O–H groups in total. The zero-order valence-electron chi connectivity index (χ0n) is 13.1. The number of hydrogen-bond acceptors (Lipinski definition) is 4. The van der Waals surface area contributed by atoms with E-state index in [1.807, 2.05) is 23.1 Å². The predicted octanol–water partition coefficient (Wildman–Crippen LogP) is -0.126. The van der Waals surface area contributed by atoms with Crippen molar-refractivity contribution in [2.24, 2.45) is 5.92 Å². The Balaban J connectivity index is 1.74. The first-order valence-electron chi connectivity index (χ1n) is 7.61. The standard InChI is InChI=1S/C15H20N6O2/c1-12(22)17-7-15(23)20-9-13(10-21-5-2-3-18-21)8-19-6-4-16-14(19)11-20/h2-6,13H,7-11H2,1H3,(H,17,22)/t13-/m0/s1. The Morgan fingerprint density at radius 2 is 2.17 bits per heavy atom. The third kappa shape index (κ3) is 3.77. The van der Waals surface area contributed by atoms with Crippen molar-refractivity contribution < 1.29 is 9.59 Å². The SMILES string of the molecule is CC(=O)NCC(=O)N1Cc2nccn2C[C@H](Cn2cccn2)C1. The van der Waals surface area contributed by atoms with E-state index in [0.29, 0.717) is 13.1 Å². The van der Waals surface area contributed by atoms with Crippen molar-refractivity contribution >= 4 is 11.8 Å². The molecule has 2 aromatic rings. The van der Waals surface area contributed by atoms with Crippen molar-refractivity contribution in [3.63, 3.8) is 0 Å². The van der Waals surface area contributed by atoms with Crippen LogP contribution in [0.5, 0.6) is 0 Å². The molecule has 3 heterocycles. The second-order valence-corrected chi connectivity index (χ2v) is 5.77. The quantitative estimate of drug-likeness (QED) is 0.852. The molecule has 0 fully saturated rings. The van der Waals surface area contributed by atoms with E-state index >= 15 is 0 Å². The van der Waals surface area contributed by atoms with Gasteiger partial charge in [-0.05, 0) is 6.07 Å². The third-order valence-corrected chi connectivity index (χ3v) is 3.91. The average molecular weight is 316 g/mol. The van der Waals surface area contributed by atoms with Crippen LogP contribution in [-0.4, -0.2) is 49.1 Å². The van der Waals surface area contributed by atoms with Crippen molar-refractivity contribution in [3.05, 3.63) is 36.7 Å². The molecule has 3 rings (SSSR count). The van der Waals surface area contributed by atoms with Crippen molar-refractivity contribution in [2.45, 2.75) is 26.6 Å². The van der Waals surface area contributed by atoms with Crippen LogP contribution in [-0.2, 0) is 29.2 Å². The summed E-state index contributed by atoms with van der Waals surface area (Å²) in [6.45, 7) is 4.02. The van der Waals surface area contributed by atoms with Crippen LogP contribution in [0.1, 0.15) is 12.7 Å². The molecular formula is C15H20N6O2. The van der Waals surface area contributed by atoms with Crippen LogP contribution in [0.15, 0.2) is 30.9 Å². The summed E-state index contributed by atoms with van der Waals surface area (Å²) in [6, 6.07) is 1.89. The van der Waals surface area contributed by atoms with E-state index in [1.54, 1.807) is 17.3 Å². The van der Waals surface area contributed by atoms with Crippen molar-refractivity contribution in [3.8, 4) is 0 Å². The molecule has 0 radical (unpaired) electrons. The Hall–Kier alpha value is -2.64. The maximum atomic E-state index is 12.4. The van der Waals surface area contributed by atoms with Gasteiger partial charge in [0, 0.05) is 57.3 Å². The highest BCUT2D eigenvalue weighted by molar-refractivity contribution is 5.83. The molecule has 23 heavy (non-hydrogen) atoms. The van der Waals surface area contributed by atoms with Gasteiger partial charge in [0.05, 0.1) is 13.1 Å². The Morgan fingerprint density at radius 3 is 2.91 bits per heavy atom. The zero-order valence-corrected chi connectivity index (χ0v) is 13.1. The summed E-state index contributed by atoms with van der Waals surface area (Å²) >= 11 is 0. The van der Waals surface area contributed by atoms with E-state index in [4.69, 9.17) is 0 Å². The minimum absolute atomic E-state index is 0.0184. The van der Waals surface area contributed by atoms with Gasteiger partial charge in [0.15, 0.2) is 0 Å². The second-order valence-electron chi connectivity index (χ2n) is 5.77. The maximum Gasteiger partial charge on any atom is 0.242 e. The molecule has 0 aromatic carbocycles. The Bertz CT molecular complexity index is 678. The monoisotopic (exact) mass is 316 g/mol. The molecular weight excluding hydrogens is 296 g/mol. The van der Waals surface area contributed by atoms with Gasteiger partial charge in [0.2, 0.25) is 11.8 Å². The fraction of sp³-hybridized carbons (Fsp3) is 0.467. The molecule has 0 saturated heterocycles. The van der Waals surface area contributed by atoms with Crippen molar-refractivity contribution in [2.75, 3.05) is 13.1 Å². The maximum absolute atomic E-state index is 12.4. The highest BCUT2D eigenvalue weighted by Gasteiger charge is 2.25. The summed E-state index contributed by atoms with van der Waals surface area (Å²) in [4.78, 5) is 29.5. The van der Waals surface area contributed by atoms with Crippen molar-refractivity contribution in [1.29, 1.82) is 0 Å². The molecule has 1 atom stereocenters. The summed E-state index contributed by atoms with van der Waals surface area (Å²) in [6.07, 6.45) is 7.36. The fourth-order valence-electron chi connectivity index (χ4n) is 2.83. The van der Waals surface area contributed by atoms with Crippen LogP contribution in [0, 0.1) is 5.92 Å². The summed E-state index contributed by atoms with van der Waals surface area (Å²) in [5.41, 5.74) is 0. The van der Waals surface area contributed by atoms with Crippen LogP contribution in [0.3, 0.4) is 0 Å². The second kappa shape index (κ2) is 6.64. The number of nitrogens with zero attached hydrogens (tertiary/aromatic N) is 5. The van der Waals surface area contributed by atoms with E-state index < -0.39 is 0 Å². The first-order chi connectivity index (χ1) is 11.1. The highest BCUT2D eigenvalue weighted by atomic mass is 16.2. The summed E-state index contributed by atoms with van der Waals surface area (Å²) in [5.74, 6) is 0.792. The minimum atomic E-state index is -0.206. The molecule has 0 saturated carbocycles. The Morgan fingerprint density at radius 1 is 1.30 bits per heavy atom. The van der Waals surface area contributed by atoms with Gasteiger partial charge in [-0.1, -0.05) is 0 Å². The first kappa shape index (κ1) is 15.3. The molecule has 2 aromatic heterocycles. The molecule has 1 aliphatic heterocycles. The minimum Gasteiger partial charge on any atom is -0.347 e. The number of amides is 2. The fourth-order valence-corrected chi connectivity index (χ4v) is 2.83. The van der Waals surface area contributed by atoms with E-state index in [0.717, 1.165) is 18.9 Å². The number of carbonyl (C=O) groups is 2. The smallest absolute Gasteiger partial charge is 0.242 e. The number of hydrogen-bond donors (Lipinski definition) is 1. The van der Waals surface area contributed by atoms with Gasteiger partial charge in [-0.3, -0.25) is 14.3 Å². The molecule has 122 valence electrons. The molecule has 8 nitrogen and oxygen atoms in total. The predicted molar refractivity (Wildman–Crippen MR) is 82.0 cm³/mol. The van der Waals surface area contributed by atoms with Gasteiger partial charge in [-0.25, -0.2) is 4.98 Å². The molecule has 0 unspecified atom stereocenters. The number of imidazole rings is 1. The lowest BCUT2D eigenvalue weighted by Crippen LogP contribution is -2.41. The molecule has 0 aliphatic carbocycles. The lowest BCUT2D eigenvalue weighted by atomic mass is 10.1. The van der Waals surface area contributed by atoms with E-state index in [-0.39, 0.29) is 24.3 Å². The van der Waals surface area contributed by atoms with Gasteiger partial charge in [0.1, 0.15) is 5.82 Å². The lowest BCUT2D eigenvalue weighted by molar-refractivity contribution is -0.133. The summed E-state index contributed by atoms with van der Waals surface area (Å²) in [7, 11) is 0. The van der Waals surface area contributed by atoms with Gasteiger partial charge in [-0.15, -0.1) is 0 Å². The average Bonchev–Trinajstić information content (AvgIpc) is 3.13. The van der Waals surface area contributed by atoms with Crippen LogP contribution >= 0.6 is 0 Å². The normalized spacial score (nSPS) is 17.4. The van der Waals surface area contributed by atoms with Crippen LogP contribution < -0.4 is 5.32 Å². The highest BCUT2D eigenvalue weighted by Crippen LogP contribution is 2.17. The van der Waals surface area contributed by atoms with E-state index in [2.05, 4.69) is 20.0 Å². The Kier molecular flexibility index (Phi) is 4.40. The topological polar surface area (TPSA) is 85.0 Å². The van der Waals surface area contributed by atoms with Gasteiger partial charge < -0.3 is 14.8 Å². The van der Waals surface area contributed by atoms with Gasteiger partial charge in [0.25, 0.3) is 0 Å². The van der Waals surface area contributed by atoms with E-state index in [9.17, 15) is 9.59 Å². The molecule has 2 amide bonds. The largest absolute Gasteiger partial charge is 0.347 e. The first-order valence-corrected chi connectivity index (χ1v) is 7.61. The number of fused-ring (bicyclic) bond motifs is 1. The summed E-state index contributed by atoms with van der Waals surface area (Å²) < 4.78 is 3.96.